The fourth-order valence-corrected chi connectivity index (χ4v) is 3.97. The number of benzene rings is 1. The van der Waals surface area contributed by atoms with Crippen LogP contribution in [0.3, 0.4) is 0 Å². The largest absolute Gasteiger partial charge is 0.486 e. The molecule has 5 nitrogen and oxygen atoms in total. The van der Waals surface area contributed by atoms with Gasteiger partial charge in [0, 0.05) is 23.1 Å². The Morgan fingerprint density at radius 2 is 2.00 bits per heavy atom. The summed E-state index contributed by atoms with van der Waals surface area (Å²) in [5.41, 5.74) is 0.734. The second kappa shape index (κ2) is 6.91. The molecule has 24 heavy (non-hydrogen) atoms. The van der Waals surface area contributed by atoms with Gasteiger partial charge in [0.25, 0.3) is 0 Å². The molecule has 1 fully saturated rings. The molecule has 0 amide bonds. The SMILES string of the molecule is O=C(c1ccc2c(c1)OCCO2)C1CCN(Cc2nccs2)CC1. The molecule has 0 saturated carbocycles. The van der Waals surface area contributed by atoms with Crippen LogP contribution in [0.15, 0.2) is 29.8 Å². The van der Waals surface area contributed by atoms with Crippen LogP contribution >= 0.6 is 11.3 Å². The fourth-order valence-electron chi connectivity index (χ4n) is 3.31. The van der Waals surface area contributed by atoms with E-state index in [1.54, 1.807) is 11.3 Å². The number of likely N-dealkylation sites (tertiary alicyclic amines) is 1. The van der Waals surface area contributed by atoms with Gasteiger partial charge in [-0.25, -0.2) is 4.98 Å². The van der Waals surface area contributed by atoms with Crippen LogP contribution in [-0.4, -0.2) is 42.0 Å². The molecule has 1 saturated heterocycles. The molecular weight excluding hydrogens is 324 g/mol. The number of thiazole rings is 1. The molecule has 0 atom stereocenters. The monoisotopic (exact) mass is 344 g/mol. The van der Waals surface area contributed by atoms with Gasteiger partial charge in [-0.15, -0.1) is 11.3 Å². The van der Waals surface area contributed by atoms with E-state index in [4.69, 9.17) is 9.47 Å². The predicted octanol–water partition coefficient (Wildman–Crippen LogP) is 3.01. The van der Waals surface area contributed by atoms with Crippen LogP contribution in [0.4, 0.5) is 0 Å². The highest BCUT2D eigenvalue weighted by Crippen LogP contribution is 2.32. The van der Waals surface area contributed by atoms with Crippen molar-refractivity contribution in [3.05, 3.63) is 40.3 Å². The Kier molecular flexibility index (Phi) is 4.49. The molecule has 2 aromatic rings. The number of carbonyl (C=O) groups excluding carboxylic acids is 1. The van der Waals surface area contributed by atoms with Gasteiger partial charge in [0.15, 0.2) is 17.3 Å². The number of rotatable bonds is 4. The first kappa shape index (κ1) is 15.6. The van der Waals surface area contributed by atoms with Gasteiger partial charge in [-0.1, -0.05) is 0 Å². The molecule has 0 unspecified atom stereocenters. The van der Waals surface area contributed by atoms with E-state index in [0.717, 1.165) is 48.8 Å². The summed E-state index contributed by atoms with van der Waals surface area (Å²) in [6.07, 6.45) is 3.65. The van der Waals surface area contributed by atoms with Crippen molar-refractivity contribution >= 4 is 17.1 Å². The first-order valence-electron chi connectivity index (χ1n) is 8.34. The Morgan fingerprint density at radius 1 is 1.21 bits per heavy atom. The number of hydrogen-bond donors (Lipinski definition) is 0. The average molecular weight is 344 g/mol. The number of ether oxygens (including phenoxy) is 2. The van der Waals surface area contributed by atoms with E-state index < -0.39 is 0 Å². The smallest absolute Gasteiger partial charge is 0.166 e. The Bertz CT molecular complexity index is 709. The Labute approximate surface area is 145 Å². The summed E-state index contributed by atoms with van der Waals surface area (Å²) in [5, 5.41) is 3.15. The van der Waals surface area contributed by atoms with E-state index in [-0.39, 0.29) is 11.7 Å². The number of hydrogen-bond acceptors (Lipinski definition) is 6. The van der Waals surface area contributed by atoms with Crippen LogP contribution in [-0.2, 0) is 6.54 Å². The highest BCUT2D eigenvalue weighted by Gasteiger charge is 2.27. The number of ketones is 1. The molecule has 1 aromatic heterocycles. The molecular formula is C18H20N2O3S. The van der Waals surface area contributed by atoms with E-state index in [9.17, 15) is 4.79 Å². The maximum absolute atomic E-state index is 12.8. The van der Waals surface area contributed by atoms with Crippen molar-refractivity contribution in [1.82, 2.24) is 9.88 Å². The number of Topliss-reactive ketones (excluding diaryl/α,β-unsaturated/α-hetero) is 1. The second-order valence-electron chi connectivity index (χ2n) is 6.20. The molecule has 126 valence electrons. The zero-order chi connectivity index (χ0) is 16.4. The second-order valence-corrected chi connectivity index (χ2v) is 7.18. The fraction of sp³-hybridized carbons (Fsp3) is 0.444. The Hall–Kier alpha value is -1.92. The summed E-state index contributed by atoms with van der Waals surface area (Å²) in [6.45, 7) is 3.89. The first-order valence-corrected chi connectivity index (χ1v) is 9.22. The predicted molar refractivity (Wildman–Crippen MR) is 91.9 cm³/mol. The molecule has 0 bridgehead atoms. The topological polar surface area (TPSA) is 51.7 Å². The number of fused-ring (bicyclic) bond motifs is 1. The first-order chi connectivity index (χ1) is 11.8. The normalized spacial score (nSPS) is 18.5. The van der Waals surface area contributed by atoms with E-state index >= 15 is 0 Å². The number of carbonyl (C=O) groups is 1. The summed E-state index contributed by atoms with van der Waals surface area (Å²) < 4.78 is 11.1. The van der Waals surface area contributed by atoms with E-state index in [2.05, 4.69) is 9.88 Å². The maximum Gasteiger partial charge on any atom is 0.166 e. The summed E-state index contributed by atoms with van der Waals surface area (Å²) in [4.78, 5) is 19.5. The highest BCUT2D eigenvalue weighted by molar-refractivity contribution is 7.09. The lowest BCUT2D eigenvalue weighted by Gasteiger charge is -2.30. The van der Waals surface area contributed by atoms with Crippen molar-refractivity contribution in [3.63, 3.8) is 0 Å². The Balaban J connectivity index is 1.37. The van der Waals surface area contributed by atoms with Gasteiger partial charge in [-0.3, -0.25) is 9.69 Å². The van der Waals surface area contributed by atoms with Crippen molar-refractivity contribution in [2.45, 2.75) is 19.4 Å². The van der Waals surface area contributed by atoms with Gasteiger partial charge in [0.05, 0.1) is 6.54 Å². The van der Waals surface area contributed by atoms with Crippen LogP contribution < -0.4 is 9.47 Å². The van der Waals surface area contributed by atoms with Crippen LogP contribution in [0.2, 0.25) is 0 Å². The average Bonchev–Trinajstić information content (AvgIpc) is 3.14. The third-order valence-electron chi connectivity index (χ3n) is 4.63. The van der Waals surface area contributed by atoms with Crippen LogP contribution in [0.1, 0.15) is 28.2 Å². The van der Waals surface area contributed by atoms with Crippen molar-refractivity contribution in [2.24, 2.45) is 5.92 Å². The van der Waals surface area contributed by atoms with Gasteiger partial charge >= 0.3 is 0 Å². The zero-order valence-electron chi connectivity index (χ0n) is 13.4. The van der Waals surface area contributed by atoms with Crippen LogP contribution in [0, 0.1) is 5.92 Å². The Morgan fingerprint density at radius 3 is 2.75 bits per heavy atom. The van der Waals surface area contributed by atoms with Crippen molar-refractivity contribution in [2.75, 3.05) is 26.3 Å². The molecule has 0 aliphatic carbocycles. The van der Waals surface area contributed by atoms with E-state index in [1.807, 2.05) is 29.8 Å². The van der Waals surface area contributed by atoms with Gasteiger partial charge in [-0.2, -0.15) is 0 Å². The van der Waals surface area contributed by atoms with Crippen LogP contribution in [0.5, 0.6) is 11.5 Å². The summed E-state index contributed by atoms with van der Waals surface area (Å²) in [5.74, 6) is 1.74. The number of nitrogens with zero attached hydrogens (tertiary/aromatic N) is 2. The van der Waals surface area contributed by atoms with Gasteiger partial charge < -0.3 is 9.47 Å². The van der Waals surface area contributed by atoms with Crippen LogP contribution in [0.25, 0.3) is 0 Å². The summed E-state index contributed by atoms with van der Waals surface area (Å²) in [7, 11) is 0. The van der Waals surface area contributed by atoms with Gasteiger partial charge in [0.1, 0.15) is 18.2 Å². The standard InChI is InChI=1S/C18H20N2O3S/c21-18(14-1-2-15-16(11-14)23-9-8-22-15)13-3-6-20(7-4-13)12-17-19-5-10-24-17/h1-2,5,10-11,13H,3-4,6-9,12H2. The quantitative estimate of drug-likeness (QED) is 0.798. The van der Waals surface area contributed by atoms with Crippen molar-refractivity contribution < 1.29 is 14.3 Å². The lowest BCUT2D eigenvalue weighted by atomic mass is 9.88. The lowest BCUT2D eigenvalue weighted by molar-refractivity contribution is 0.0833. The lowest BCUT2D eigenvalue weighted by Crippen LogP contribution is -2.36. The summed E-state index contributed by atoms with van der Waals surface area (Å²) >= 11 is 1.69. The van der Waals surface area contributed by atoms with E-state index in [1.165, 1.54) is 0 Å². The molecule has 0 radical (unpaired) electrons. The molecule has 1 aromatic carbocycles. The minimum absolute atomic E-state index is 0.0973. The number of piperidine rings is 1. The number of aromatic nitrogens is 1. The third-order valence-corrected chi connectivity index (χ3v) is 5.39. The van der Waals surface area contributed by atoms with Gasteiger partial charge in [0.2, 0.25) is 0 Å². The zero-order valence-corrected chi connectivity index (χ0v) is 14.3. The van der Waals surface area contributed by atoms with Crippen molar-refractivity contribution in [1.29, 1.82) is 0 Å². The van der Waals surface area contributed by atoms with E-state index in [0.29, 0.717) is 19.0 Å². The molecule has 0 N–H and O–H groups in total. The third kappa shape index (κ3) is 3.30. The molecule has 0 spiro atoms. The summed E-state index contributed by atoms with van der Waals surface area (Å²) in [6, 6.07) is 5.54. The van der Waals surface area contributed by atoms with Gasteiger partial charge in [-0.05, 0) is 44.1 Å². The molecule has 3 heterocycles. The molecule has 4 rings (SSSR count). The highest BCUT2D eigenvalue weighted by atomic mass is 32.1. The molecule has 2 aliphatic heterocycles. The van der Waals surface area contributed by atoms with Crippen molar-refractivity contribution in [3.8, 4) is 11.5 Å². The molecule has 6 heteroatoms. The minimum Gasteiger partial charge on any atom is -0.486 e. The maximum atomic E-state index is 12.8. The molecule has 2 aliphatic rings. The minimum atomic E-state index is 0.0973.